The lowest BCUT2D eigenvalue weighted by Crippen LogP contribution is -2.39. The zero-order valence-corrected chi connectivity index (χ0v) is 33.0. The van der Waals surface area contributed by atoms with Crippen molar-refractivity contribution in [1.82, 2.24) is 5.32 Å². The summed E-state index contributed by atoms with van der Waals surface area (Å²) in [5, 5.41) is 3.59. The molecular weight excluding hydrogens is 769 g/mol. The average Bonchev–Trinajstić information content (AvgIpc) is 3.51. The van der Waals surface area contributed by atoms with Gasteiger partial charge >= 0.3 is 11.6 Å². The maximum absolute atomic E-state index is 15.7. The van der Waals surface area contributed by atoms with Gasteiger partial charge in [-0.2, -0.15) is 0 Å². The van der Waals surface area contributed by atoms with Gasteiger partial charge in [0.25, 0.3) is 5.91 Å². The van der Waals surface area contributed by atoms with Gasteiger partial charge in [0.05, 0.1) is 16.7 Å². The highest BCUT2D eigenvalue weighted by Crippen LogP contribution is 2.58. The van der Waals surface area contributed by atoms with Gasteiger partial charge in [-0.1, -0.05) is 19.9 Å². The van der Waals surface area contributed by atoms with Gasteiger partial charge in [0.2, 0.25) is 0 Å². The van der Waals surface area contributed by atoms with Crippen molar-refractivity contribution in [3.63, 3.8) is 0 Å². The molecule has 1 fully saturated rings. The standard InChI is InChI=1S/C46H42F4N2O7/c1-5-15-52(16-6-2)29-13-9-27-18-31(44(55)57-38(27)20-29)43(54)51-28-11-7-25(8-12-28)17-37(53)26-10-14-30-32(19-26)46(59-45(30)56)33-21-35(47)23(3)39(49)41(33)58-42-34(46)22-36(48)24(4)40(42)50/h9-10,13-14,18-22,25,28H,5-8,11-12,15-17H2,1-4H3,(H,51,54). The van der Waals surface area contributed by atoms with Crippen LogP contribution in [0.15, 0.2) is 63.8 Å². The van der Waals surface area contributed by atoms with E-state index >= 15 is 17.6 Å². The van der Waals surface area contributed by atoms with E-state index in [0.29, 0.717) is 36.7 Å². The summed E-state index contributed by atoms with van der Waals surface area (Å²) in [6.45, 7) is 8.28. The molecule has 1 N–H and O–H groups in total. The number of benzene rings is 4. The number of carbonyl (C=O) groups is 3. The zero-order chi connectivity index (χ0) is 41.9. The molecule has 5 aromatic rings. The smallest absolute Gasteiger partial charge is 0.349 e. The lowest BCUT2D eigenvalue weighted by atomic mass is 9.76. The molecule has 8 rings (SSSR count). The lowest BCUT2D eigenvalue weighted by molar-refractivity contribution is 0.0216. The Bertz CT molecular complexity index is 2560. The quantitative estimate of drug-likeness (QED) is 0.0642. The van der Waals surface area contributed by atoms with E-state index in [-0.39, 0.29) is 57.5 Å². The molecule has 0 bridgehead atoms. The van der Waals surface area contributed by atoms with Crippen LogP contribution in [0.2, 0.25) is 0 Å². The molecule has 1 spiro atoms. The highest BCUT2D eigenvalue weighted by atomic mass is 19.1. The van der Waals surface area contributed by atoms with E-state index in [9.17, 15) is 19.2 Å². The zero-order valence-electron chi connectivity index (χ0n) is 33.0. The minimum Gasteiger partial charge on any atom is -0.450 e. The van der Waals surface area contributed by atoms with E-state index < -0.39 is 69.0 Å². The van der Waals surface area contributed by atoms with E-state index in [1.807, 2.05) is 18.2 Å². The van der Waals surface area contributed by atoms with E-state index in [1.54, 1.807) is 6.07 Å². The summed E-state index contributed by atoms with van der Waals surface area (Å²) < 4.78 is 78.8. The number of rotatable bonds is 10. The van der Waals surface area contributed by atoms with Crippen molar-refractivity contribution in [3.05, 3.63) is 133 Å². The lowest BCUT2D eigenvalue weighted by Gasteiger charge is -2.37. The van der Waals surface area contributed by atoms with E-state index in [2.05, 4.69) is 24.1 Å². The van der Waals surface area contributed by atoms with E-state index in [0.717, 1.165) is 43.8 Å². The molecule has 13 heteroatoms. The van der Waals surface area contributed by atoms with Gasteiger partial charge in [0.15, 0.2) is 34.5 Å². The number of ketones is 1. The van der Waals surface area contributed by atoms with Crippen LogP contribution in [0, 0.1) is 43.0 Å². The molecule has 1 aliphatic carbocycles. The molecule has 0 unspecified atom stereocenters. The number of esters is 1. The second-order valence-electron chi connectivity index (χ2n) is 15.8. The molecule has 3 heterocycles. The monoisotopic (exact) mass is 810 g/mol. The second kappa shape index (κ2) is 15.3. The fourth-order valence-corrected chi connectivity index (χ4v) is 8.71. The first-order chi connectivity index (χ1) is 28.2. The SMILES string of the molecule is CCCN(CCC)c1ccc2cc(C(=O)NC3CCC(CC(=O)c4ccc5c(c4)C4(OC5=O)c5cc(F)c(C)c(F)c5Oc5c4cc(F)c(C)c5F)CC3)c(=O)oc2c1. The Morgan fingerprint density at radius 3 is 2.03 bits per heavy atom. The number of nitrogens with one attached hydrogen (secondary N) is 1. The third kappa shape index (κ3) is 6.73. The number of hydrogen-bond acceptors (Lipinski definition) is 8. The Kier molecular flexibility index (Phi) is 10.3. The minimum atomic E-state index is -2.23. The van der Waals surface area contributed by atoms with Crippen LogP contribution in [0.4, 0.5) is 23.2 Å². The number of carbonyl (C=O) groups excluding carboxylic acids is 3. The van der Waals surface area contributed by atoms with Crippen molar-refractivity contribution >= 4 is 34.3 Å². The van der Waals surface area contributed by atoms with Crippen LogP contribution in [-0.2, 0) is 10.3 Å². The summed E-state index contributed by atoms with van der Waals surface area (Å²) >= 11 is 0. The summed E-state index contributed by atoms with van der Waals surface area (Å²) in [6.07, 6.45) is 4.31. The Morgan fingerprint density at radius 1 is 0.797 bits per heavy atom. The molecule has 2 aliphatic heterocycles. The molecule has 0 saturated heterocycles. The van der Waals surface area contributed by atoms with Gasteiger partial charge in [-0.15, -0.1) is 0 Å². The Labute approximate surface area is 337 Å². The summed E-state index contributed by atoms with van der Waals surface area (Å²) in [6, 6.07) is 13.0. The predicted molar refractivity (Wildman–Crippen MR) is 211 cm³/mol. The van der Waals surface area contributed by atoms with Crippen LogP contribution < -0.4 is 20.6 Å². The van der Waals surface area contributed by atoms with Crippen molar-refractivity contribution in [2.24, 2.45) is 5.92 Å². The highest BCUT2D eigenvalue weighted by molar-refractivity contribution is 6.01. The molecule has 0 radical (unpaired) electrons. The Morgan fingerprint density at radius 2 is 1.42 bits per heavy atom. The van der Waals surface area contributed by atoms with Crippen molar-refractivity contribution in [1.29, 1.82) is 0 Å². The normalized spacial score (nSPS) is 17.5. The molecule has 9 nitrogen and oxygen atoms in total. The molecular formula is C46H42F4N2O7. The van der Waals surface area contributed by atoms with Crippen LogP contribution in [0.5, 0.6) is 11.5 Å². The number of ether oxygens (including phenoxy) is 2. The number of nitrogens with zero attached hydrogens (tertiary/aromatic N) is 1. The number of fused-ring (bicyclic) bond motifs is 7. The second-order valence-corrected chi connectivity index (χ2v) is 15.8. The molecule has 1 saturated carbocycles. The third-order valence-electron chi connectivity index (χ3n) is 11.9. The molecule has 59 heavy (non-hydrogen) atoms. The van der Waals surface area contributed by atoms with Crippen molar-refractivity contribution in [2.75, 3.05) is 18.0 Å². The highest BCUT2D eigenvalue weighted by Gasteiger charge is 2.56. The number of hydrogen-bond donors (Lipinski definition) is 1. The van der Waals surface area contributed by atoms with Gasteiger partial charge in [0.1, 0.15) is 22.8 Å². The molecule has 1 amide bonds. The van der Waals surface area contributed by atoms with Crippen LogP contribution in [0.3, 0.4) is 0 Å². The number of halogens is 4. The van der Waals surface area contributed by atoms with Crippen LogP contribution in [0.1, 0.15) is 118 Å². The number of amides is 1. The van der Waals surface area contributed by atoms with Gasteiger partial charge < -0.3 is 24.1 Å². The molecule has 0 atom stereocenters. The first kappa shape index (κ1) is 39.8. The minimum absolute atomic E-state index is 0.00977. The Hall–Kier alpha value is -5.98. The summed E-state index contributed by atoms with van der Waals surface area (Å²) in [4.78, 5) is 55.8. The van der Waals surface area contributed by atoms with Gasteiger partial charge in [0, 0.05) is 64.9 Å². The first-order valence-electron chi connectivity index (χ1n) is 20.0. The molecule has 306 valence electrons. The van der Waals surface area contributed by atoms with Crippen molar-refractivity contribution < 1.29 is 45.8 Å². The van der Waals surface area contributed by atoms with Crippen LogP contribution in [-0.4, -0.2) is 36.8 Å². The summed E-state index contributed by atoms with van der Waals surface area (Å²) in [5.41, 5.74) is -3.06. The Balaban J connectivity index is 0.993. The topological polar surface area (TPSA) is 115 Å². The fourth-order valence-electron chi connectivity index (χ4n) is 8.71. The maximum Gasteiger partial charge on any atom is 0.349 e. The predicted octanol–water partition coefficient (Wildman–Crippen LogP) is 9.72. The van der Waals surface area contributed by atoms with Gasteiger partial charge in [-0.05, 0) is 101 Å². The molecule has 3 aliphatic rings. The largest absolute Gasteiger partial charge is 0.450 e. The van der Waals surface area contributed by atoms with Gasteiger partial charge in [-0.25, -0.2) is 27.2 Å². The van der Waals surface area contributed by atoms with E-state index in [4.69, 9.17) is 13.9 Å². The molecule has 4 aromatic carbocycles. The van der Waals surface area contributed by atoms with Crippen LogP contribution >= 0.6 is 0 Å². The number of anilines is 1. The van der Waals surface area contributed by atoms with Gasteiger partial charge in [-0.3, -0.25) is 9.59 Å². The summed E-state index contributed by atoms with van der Waals surface area (Å²) in [7, 11) is 0. The van der Waals surface area contributed by atoms with Crippen molar-refractivity contribution in [3.8, 4) is 11.5 Å². The maximum atomic E-state index is 15.7. The van der Waals surface area contributed by atoms with E-state index in [1.165, 1.54) is 32.0 Å². The average molecular weight is 811 g/mol. The van der Waals surface area contributed by atoms with Crippen molar-refractivity contribution in [2.45, 2.75) is 84.3 Å². The third-order valence-corrected chi connectivity index (χ3v) is 11.9. The first-order valence-corrected chi connectivity index (χ1v) is 20.0. The number of Topliss-reactive ketones (excluding diaryl/α,β-unsaturated/α-hetero) is 1. The fraction of sp³-hybridized carbons (Fsp3) is 0.348. The van der Waals surface area contributed by atoms with Crippen LogP contribution in [0.25, 0.3) is 11.0 Å². The molecule has 1 aromatic heterocycles. The summed E-state index contributed by atoms with van der Waals surface area (Å²) in [5.74, 6) is -7.28.